The van der Waals surface area contributed by atoms with Gasteiger partial charge in [-0.05, 0) is 24.9 Å². The number of sulfone groups is 1. The number of hydrogen-bond donors (Lipinski definition) is 1. The Hall–Kier alpha value is -0.130. The monoisotopic (exact) mass is 232 g/mol. The van der Waals surface area contributed by atoms with E-state index in [1.165, 1.54) is 0 Å². The quantitative estimate of drug-likeness (QED) is 0.715. The van der Waals surface area contributed by atoms with Crippen molar-refractivity contribution < 1.29 is 8.42 Å². The topological polar surface area (TPSA) is 49.4 Å². The van der Waals surface area contributed by atoms with Gasteiger partial charge in [0.25, 0.3) is 0 Å². The summed E-state index contributed by atoms with van der Waals surface area (Å²) in [5.74, 6) is 2.12. The van der Waals surface area contributed by atoms with Gasteiger partial charge in [-0.3, -0.25) is 0 Å². The second-order valence-corrected chi connectivity index (χ2v) is 7.15. The van der Waals surface area contributed by atoms with Gasteiger partial charge in [-0.1, -0.05) is 6.92 Å². The first-order chi connectivity index (χ1) is 7.11. The van der Waals surface area contributed by atoms with Crippen LogP contribution in [-0.4, -0.2) is 57.5 Å². The number of fused-ring (bicyclic) bond motifs is 1. The maximum Gasteiger partial charge on any atom is 0.151 e. The molecule has 0 aromatic carbocycles. The van der Waals surface area contributed by atoms with E-state index in [0.29, 0.717) is 5.75 Å². The van der Waals surface area contributed by atoms with E-state index in [9.17, 15) is 8.42 Å². The summed E-state index contributed by atoms with van der Waals surface area (Å²) in [6.07, 6.45) is 0. The molecule has 2 rings (SSSR count). The van der Waals surface area contributed by atoms with Crippen molar-refractivity contribution >= 4 is 9.84 Å². The summed E-state index contributed by atoms with van der Waals surface area (Å²) in [6, 6.07) is 0. The lowest BCUT2D eigenvalue weighted by atomic mass is 10.0. The van der Waals surface area contributed by atoms with Gasteiger partial charge in [0.2, 0.25) is 0 Å². The van der Waals surface area contributed by atoms with E-state index in [-0.39, 0.29) is 5.75 Å². The minimum absolute atomic E-state index is 0.273. The Morgan fingerprint density at radius 3 is 2.40 bits per heavy atom. The highest BCUT2D eigenvalue weighted by Gasteiger charge is 2.35. The van der Waals surface area contributed by atoms with Crippen LogP contribution in [0.4, 0.5) is 0 Å². The van der Waals surface area contributed by atoms with Gasteiger partial charge in [0.15, 0.2) is 9.84 Å². The van der Waals surface area contributed by atoms with Crippen molar-refractivity contribution in [2.24, 2.45) is 11.8 Å². The maximum absolute atomic E-state index is 11.4. The molecule has 2 heterocycles. The highest BCUT2D eigenvalue weighted by Crippen LogP contribution is 2.25. The largest absolute Gasteiger partial charge is 0.316 e. The molecule has 1 N–H and O–H groups in total. The van der Waals surface area contributed by atoms with Crippen molar-refractivity contribution in [1.82, 2.24) is 10.2 Å². The molecule has 2 fully saturated rings. The van der Waals surface area contributed by atoms with Gasteiger partial charge in [0, 0.05) is 25.4 Å². The molecular weight excluding hydrogens is 212 g/mol. The molecule has 88 valence electrons. The lowest BCUT2D eigenvalue weighted by Gasteiger charge is -2.16. The molecule has 2 saturated heterocycles. The molecule has 0 spiro atoms. The molecule has 0 aliphatic carbocycles. The summed E-state index contributed by atoms with van der Waals surface area (Å²) < 4.78 is 22.7. The van der Waals surface area contributed by atoms with Crippen molar-refractivity contribution in [3.8, 4) is 0 Å². The molecule has 2 aliphatic rings. The Kier molecular flexibility index (Phi) is 3.33. The van der Waals surface area contributed by atoms with Gasteiger partial charge in [-0.2, -0.15) is 0 Å². The smallest absolute Gasteiger partial charge is 0.151 e. The molecule has 0 aromatic rings. The Morgan fingerprint density at radius 2 is 1.87 bits per heavy atom. The summed E-state index contributed by atoms with van der Waals surface area (Å²) in [4.78, 5) is 2.31. The third-order valence-electron chi connectivity index (χ3n) is 3.62. The third kappa shape index (κ3) is 2.71. The molecule has 0 aromatic heterocycles. The standard InChI is InChI=1S/C10H20N2O2S/c1-2-15(13,14)4-3-12-7-9-5-11-6-10(9)8-12/h9-11H,2-8H2,1H3/t9-,10+. The van der Waals surface area contributed by atoms with Crippen molar-refractivity contribution in [1.29, 1.82) is 0 Å². The molecule has 0 radical (unpaired) electrons. The molecule has 2 aliphatic heterocycles. The van der Waals surface area contributed by atoms with Crippen molar-refractivity contribution in [2.45, 2.75) is 6.92 Å². The predicted octanol–water partition coefficient (Wildman–Crippen LogP) is -0.428. The summed E-state index contributed by atoms with van der Waals surface area (Å²) in [7, 11) is -2.79. The van der Waals surface area contributed by atoms with Gasteiger partial charge in [0.1, 0.15) is 0 Å². The van der Waals surface area contributed by atoms with Crippen LogP contribution in [0, 0.1) is 11.8 Å². The molecule has 2 atom stereocenters. The first-order valence-corrected chi connectivity index (χ1v) is 7.56. The van der Waals surface area contributed by atoms with E-state index in [2.05, 4.69) is 10.2 Å². The molecule has 0 amide bonds. The van der Waals surface area contributed by atoms with Gasteiger partial charge >= 0.3 is 0 Å². The van der Waals surface area contributed by atoms with E-state index in [4.69, 9.17) is 0 Å². The van der Waals surface area contributed by atoms with E-state index in [1.807, 2.05) is 0 Å². The SMILES string of the molecule is CCS(=O)(=O)CCN1C[C@H]2CNC[C@H]2C1. The van der Waals surface area contributed by atoms with E-state index in [1.54, 1.807) is 6.92 Å². The fourth-order valence-corrected chi connectivity index (χ4v) is 3.37. The average molecular weight is 232 g/mol. The minimum Gasteiger partial charge on any atom is -0.316 e. The van der Waals surface area contributed by atoms with Crippen molar-refractivity contribution in [3.63, 3.8) is 0 Å². The highest BCUT2D eigenvalue weighted by atomic mass is 32.2. The van der Waals surface area contributed by atoms with Crippen LogP contribution >= 0.6 is 0 Å². The first kappa shape index (κ1) is 11.4. The number of hydrogen-bond acceptors (Lipinski definition) is 4. The van der Waals surface area contributed by atoms with Crippen LogP contribution in [0.5, 0.6) is 0 Å². The van der Waals surface area contributed by atoms with Gasteiger partial charge < -0.3 is 10.2 Å². The number of nitrogens with one attached hydrogen (secondary N) is 1. The lowest BCUT2D eigenvalue weighted by Crippen LogP contribution is -2.30. The normalized spacial score (nSPS) is 32.1. The Labute approximate surface area is 91.9 Å². The average Bonchev–Trinajstić information content (AvgIpc) is 2.74. The van der Waals surface area contributed by atoms with Crippen molar-refractivity contribution in [2.75, 3.05) is 44.2 Å². The number of likely N-dealkylation sites (tertiary alicyclic amines) is 1. The zero-order valence-corrected chi connectivity index (χ0v) is 10.1. The second kappa shape index (κ2) is 4.39. The first-order valence-electron chi connectivity index (χ1n) is 5.74. The van der Waals surface area contributed by atoms with E-state index in [0.717, 1.165) is 44.6 Å². The van der Waals surface area contributed by atoms with Crippen LogP contribution in [0.25, 0.3) is 0 Å². The molecule has 0 saturated carbocycles. The van der Waals surface area contributed by atoms with E-state index >= 15 is 0 Å². The lowest BCUT2D eigenvalue weighted by molar-refractivity contribution is 0.331. The predicted molar refractivity (Wildman–Crippen MR) is 60.6 cm³/mol. The molecule has 0 bridgehead atoms. The van der Waals surface area contributed by atoms with E-state index < -0.39 is 9.84 Å². The van der Waals surface area contributed by atoms with Gasteiger partial charge in [-0.25, -0.2) is 8.42 Å². The molecular formula is C10H20N2O2S. The third-order valence-corrected chi connectivity index (χ3v) is 5.31. The summed E-state index contributed by atoms with van der Waals surface area (Å²) in [5.41, 5.74) is 0. The minimum atomic E-state index is -2.79. The number of rotatable bonds is 4. The van der Waals surface area contributed by atoms with Crippen LogP contribution in [0.15, 0.2) is 0 Å². The summed E-state index contributed by atoms with van der Waals surface area (Å²) >= 11 is 0. The van der Waals surface area contributed by atoms with Gasteiger partial charge in [-0.15, -0.1) is 0 Å². The Bertz CT molecular complexity index is 303. The zero-order valence-electron chi connectivity index (χ0n) is 9.28. The molecule has 15 heavy (non-hydrogen) atoms. The highest BCUT2D eigenvalue weighted by molar-refractivity contribution is 7.91. The Morgan fingerprint density at radius 1 is 1.27 bits per heavy atom. The van der Waals surface area contributed by atoms with Crippen LogP contribution in [0.2, 0.25) is 0 Å². The van der Waals surface area contributed by atoms with Crippen LogP contribution in [-0.2, 0) is 9.84 Å². The molecule has 4 nitrogen and oxygen atoms in total. The fraction of sp³-hybridized carbons (Fsp3) is 1.00. The molecule has 0 unspecified atom stereocenters. The summed E-state index contributed by atoms with van der Waals surface area (Å²) in [5, 5.41) is 3.38. The van der Waals surface area contributed by atoms with Gasteiger partial charge in [0.05, 0.1) is 5.75 Å². The number of nitrogens with zero attached hydrogens (tertiary/aromatic N) is 1. The van der Waals surface area contributed by atoms with Crippen LogP contribution in [0.3, 0.4) is 0 Å². The summed E-state index contributed by atoms with van der Waals surface area (Å²) in [6.45, 7) is 6.83. The molecule has 5 heteroatoms. The second-order valence-electron chi connectivity index (χ2n) is 4.67. The fourth-order valence-electron chi connectivity index (χ4n) is 2.55. The Balaban J connectivity index is 1.78. The van der Waals surface area contributed by atoms with Crippen LogP contribution in [0.1, 0.15) is 6.92 Å². The van der Waals surface area contributed by atoms with Crippen LogP contribution < -0.4 is 5.32 Å². The zero-order chi connectivity index (χ0) is 10.9. The maximum atomic E-state index is 11.4. The van der Waals surface area contributed by atoms with Crippen molar-refractivity contribution in [3.05, 3.63) is 0 Å².